The van der Waals surface area contributed by atoms with E-state index in [1.807, 2.05) is 19.1 Å². The Morgan fingerprint density at radius 3 is 2.70 bits per heavy atom. The minimum absolute atomic E-state index is 0.309. The predicted molar refractivity (Wildman–Crippen MR) is 165 cm³/mol. The summed E-state index contributed by atoms with van der Waals surface area (Å²) in [5.41, 5.74) is 8.10. The maximum atomic E-state index is 5.12. The summed E-state index contributed by atoms with van der Waals surface area (Å²) in [6.07, 6.45) is 17.0. The van der Waals surface area contributed by atoms with Gasteiger partial charge in [-0.05, 0) is 68.5 Å². The summed E-state index contributed by atoms with van der Waals surface area (Å²) in [6, 6.07) is 4.27. The van der Waals surface area contributed by atoms with Crippen molar-refractivity contribution in [1.82, 2.24) is 0 Å². The molecule has 0 N–H and O–H groups in total. The number of aliphatic imine (C=N–C) groups is 2. The third-order valence-electron chi connectivity index (χ3n) is 6.61. The molecule has 1 aromatic rings. The Balaban J connectivity index is 2.44. The molecule has 0 fully saturated rings. The number of hydrogen-bond acceptors (Lipinski definition) is 2. The number of benzene rings is 1. The van der Waals surface area contributed by atoms with Crippen LogP contribution in [0.5, 0.6) is 0 Å². The molecule has 0 radical (unpaired) electrons. The van der Waals surface area contributed by atoms with Crippen molar-refractivity contribution in [2.24, 2.45) is 21.8 Å². The fourth-order valence-corrected chi connectivity index (χ4v) is 3.86. The van der Waals surface area contributed by atoms with E-state index in [2.05, 4.69) is 113 Å². The second-order valence-corrected chi connectivity index (χ2v) is 9.62. The number of rotatable bonds is 11. The van der Waals surface area contributed by atoms with Crippen LogP contribution >= 0.6 is 0 Å². The van der Waals surface area contributed by atoms with Gasteiger partial charge in [0.25, 0.3) is 0 Å². The van der Waals surface area contributed by atoms with E-state index >= 15 is 0 Å². The van der Waals surface area contributed by atoms with Crippen LogP contribution in [-0.4, -0.2) is 12.4 Å². The topological polar surface area (TPSA) is 24.7 Å². The van der Waals surface area contributed by atoms with E-state index in [-0.39, 0.29) is 0 Å². The lowest BCUT2D eigenvalue weighted by Crippen LogP contribution is -2.07. The Morgan fingerprint density at radius 1 is 1.22 bits per heavy atom. The summed E-state index contributed by atoms with van der Waals surface area (Å²) < 4.78 is 0. The van der Waals surface area contributed by atoms with Crippen molar-refractivity contribution >= 4 is 29.4 Å². The fourth-order valence-electron chi connectivity index (χ4n) is 3.86. The molecule has 0 amide bonds. The van der Waals surface area contributed by atoms with Crippen molar-refractivity contribution in [2.45, 2.75) is 73.6 Å². The molecule has 2 heteroatoms. The van der Waals surface area contributed by atoms with E-state index in [4.69, 9.17) is 4.99 Å². The molecule has 2 atom stereocenters. The Hall–Kier alpha value is -3.62. The first-order chi connectivity index (χ1) is 17.8. The van der Waals surface area contributed by atoms with E-state index < -0.39 is 0 Å². The van der Waals surface area contributed by atoms with Crippen LogP contribution in [0.3, 0.4) is 0 Å². The van der Waals surface area contributed by atoms with Crippen LogP contribution in [0.1, 0.15) is 77.8 Å². The van der Waals surface area contributed by atoms with Crippen LogP contribution in [0, 0.1) is 42.4 Å². The molecular formula is C35H42N2. The zero-order valence-corrected chi connectivity index (χ0v) is 23.6. The molecule has 0 saturated heterocycles. The minimum atomic E-state index is 0.309. The van der Waals surface area contributed by atoms with Crippen LogP contribution in [0.2, 0.25) is 0 Å². The maximum absolute atomic E-state index is 5.12. The molecule has 1 aliphatic rings. The average Bonchev–Trinajstić information content (AvgIpc) is 3.18. The van der Waals surface area contributed by atoms with Gasteiger partial charge in [0.05, 0.1) is 11.4 Å². The zero-order chi connectivity index (χ0) is 27.2. The van der Waals surface area contributed by atoms with Gasteiger partial charge in [-0.25, -0.2) is 0 Å². The first-order valence-electron chi connectivity index (χ1n) is 13.4. The molecule has 1 aliphatic carbocycles. The zero-order valence-electron chi connectivity index (χ0n) is 23.6. The van der Waals surface area contributed by atoms with Crippen molar-refractivity contribution in [1.29, 1.82) is 0 Å². The number of aryl methyl sites for hydroxylation is 1. The standard InChI is InChI=1S/C35H42N2/c1-9-11-12-15-18-27(4)21-22-28(5)30(7)37-34-29(6)23-24-32(35(34)36-8)33(25-26(3)10-2)31-19-16-13-14-17-20-31/h13,15-16,18-19,23-26,28H,4,8-10,14,21-22H2,1-3,5-7H3/b18-15-,33-25-,37-30-. The third-order valence-corrected chi connectivity index (χ3v) is 6.61. The van der Waals surface area contributed by atoms with E-state index in [9.17, 15) is 0 Å². The Morgan fingerprint density at radius 2 is 2.00 bits per heavy atom. The Bertz CT molecular complexity index is 1260. The van der Waals surface area contributed by atoms with Gasteiger partial charge in [-0.2, -0.15) is 0 Å². The van der Waals surface area contributed by atoms with Crippen LogP contribution in [0.4, 0.5) is 11.4 Å². The van der Waals surface area contributed by atoms with Crippen LogP contribution in [0.15, 0.2) is 76.3 Å². The normalized spacial score (nSPS) is 15.1. The van der Waals surface area contributed by atoms with Crippen LogP contribution in [0.25, 0.3) is 5.57 Å². The van der Waals surface area contributed by atoms with Gasteiger partial charge >= 0.3 is 0 Å². The van der Waals surface area contributed by atoms with Crippen molar-refractivity contribution in [3.05, 3.63) is 77.4 Å². The second kappa shape index (κ2) is 15.5. The molecule has 0 saturated carbocycles. The molecule has 0 spiro atoms. The molecule has 0 bridgehead atoms. The van der Waals surface area contributed by atoms with E-state index in [1.54, 1.807) is 0 Å². The molecule has 1 aromatic carbocycles. The quantitative estimate of drug-likeness (QED) is 0.167. The molecule has 2 unspecified atom stereocenters. The number of hydrogen-bond donors (Lipinski definition) is 0. The minimum Gasteiger partial charge on any atom is -0.262 e. The summed E-state index contributed by atoms with van der Waals surface area (Å²) >= 11 is 0. The molecular weight excluding hydrogens is 448 g/mol. The van der Waals surface area contributed by atoms with Crippen molar-refractivity contribution in [3.63, 3.8) is 0 Å². The monoisotopic (exact) mass is 490 g/mol. The summed E-state index contributed by atoms with van der Waals surface area (Å²) in [5.74, 6) is 13.4. The summed E-state index contributed by atoms with van der Waals surface area (Å²) in [4.78, 5) is 9.63. The number of allylic oxidation sites excluding steroid dienone is 9. The summed E-state index contributed by atoms with van der Waals surface area (Å²) in [5, 5.41) is 0. The first-order valence-corrected chi connectivity index (χ1v) is 13.4. The van der Waals surface area contributed by atoms with E-state index in [1.165, 1.54) is 0 Å². The van der Waals surface area contributed by atoms with Gasteiger partial charge in [0, 0.05) is 29.7 Å². The van der Waals surface area contributed by atoms with Crippen molar-refractivity contribution in [3.8, 4) is 23.7 Å². The first kappa shape index (κ1) is 29.6. The fraction of sp³-hybridized carbons (Fsp3) is 0.371. The third kappa shape index (κ3) is 9.08. The van der Waals surface area contributed by atoms with Gasteiger partial charge in [0.1, 0.15) is 0 Å². The molecule has 2 rings (SSSR count). The molecule has 37 heavy (non-hydrogen) atoms. The highest BCUT2D eigenvalue weighted by Crippen LogP contribution is 2.41. The largest absolute Gasteiger partial charge is 0.262 e. The van der Waals surface area contributed by atoms with Gasteiger partial charge in [-0.3, -0.25) is 9.98 Å². The molecule has 0 heterocycles. The van der Waals surface area contributed by atoms with Crippen molar-refractivity contribution in [2.75, 3.05) is 0 Å². The van der Waals surface area contributed by atoms with E-state index in [0.29, 0.717) is 11.8 Å². The van der Waals surface area contributed by atoms with Gasteiger partial charge in [-0.15, -0.1) is 0 Å². The van der Waals surface area contributed by atoms with Crippen LogP contribution < -0.4 is 0 Å². The SMILES string of the molecule is C=Nc1c(/C(=C\C(C)CC)C2=CC=CCC#C2)ccc(C)c1/N=C(/C)C(C)CCC(=C)/C=C\C#CCC. The molecule has 2 nitrogen and oxygen atoms in total. The van der Waals surface area contributed by atoms with Crippen LogP contribution in [-0.2, 0) is 0 Å². The molecule has 0 aliphatic heterocycles. The summed E-state index contributed by atoms with van der Waals surface area (Å²) in [6.45, 7) is 21.0. The predicted octanol–water partition coefficient (Wildman–Crippen LogP) is 9.68. The van der Waals surface area contributed by atoms with Gasteiger partial charge < -0.3 is 0 Å². The lowest BCUT2D eigenvalue weighted by molar-refractivity contribution is 0.682. The van der Waals surface area contributed by atoms with Crippen molar-refractivity contribution < 1.29 is 0 Å². The van der Waals surface area contributed by atoms with Gasteiger partial charge in [-0.1, -0.05) is 106 Å². The highest BCUT2D eigenvalue weighted by Gasteiger charge is 2.18. The lowest BCUT2D eigenvalue weighted by atomic mass is 9.90. The highest BCUT2D eigenvalue weighted by atomic mass is 14.8. The van der Waals surface area contributed by atoms with Gasteiger partial charge in [0.2, 0.25) is 0 Å². The summed E-state index contributed by atoms with van der Waals surface area (Å²) in [7, 11) is 0. The molecule has 0 aromatic heterocycles. The lowest BCUT2D eigenvalue weighted by Gasteiger charge is -2.17. The smallest absolute Gasteiger partial charge is 0.0960 e. The average molecular weight is 491 g/mol. The second-order valence-electron chi connectivity index (χ2n) is 9.62. The maximum Gasteiger partial charge on any atom is 0.0960 e. The van der Waals surface area contributed by atoms with E-state index in [0.717, 1.165) is 77.0 Å². The highest BCUT2D eigenvalue weighted by molar-refractivity contribution is 5.95. The Labute approximate surface area is 225 Å². The number of nitrogens with zero attached hydrogens (tertiary/aromatic N) is 2. The Kier molecular flexibility index (Phi) is 12.4. The molecule has 192 valence electrons. The van der Waals surface area contributed by atoms with Gasteiger partial charge in [0.15, 0.2) is 0 Å².